The Morgan fingerprint density at radius 3 is 2.72 bits per heavy atom. The summed E-state index contributed by atoms with van der Waals surface area (Å²) in [6.45, 7) is 2.36. The lowest BCUT2D eigenvalue weighted by Gasteiger charge is -2.29. The van der Waals surface area contributed by atoms with Crippen LogP contribution in [0, 0.1) is 0 Å². The fourth-order valence-corrected chi connectivity index (χ4v) is 5.41. The van der Waals surface area contributed by atoms with Gasteiger partial charge in [-0.15, -0.1) is 0 Å². The molecule has 0 spiro atoms. The summed E-state index contributed by atoms with van der Waals surface area (Å²) >= 11 is 0. The number of nitrogens with one attached hydrogen (secondary N) is 1. The highest BCUT2D eigenvalue weighted by atomic mass is 16.7. The van der Waals surface area contributed by atoms with E-state index in [1.54, 1.807) is 19.2 Å². The Morgan fingerprint density at radius 1 is 1.14 bits per heavy atom. The van der Waals surface area contributed by atoms with Crippen molar-refractivity contribution in [3.63, 3.8) is 0 Å². The minimum absolute atomic E-state index is 0.0310. The number of carbonyl (C=O) groups excluding carboxylic acids is 3. The van der Waals surface area contributed by atoms with E-state index in [9.17, 15) is 14.4 Å². The summed E-state index contributed by atoms with van der Waals surface area (Å²) in [5.74, 6) is 0.381. The van der Waals surface area contributed by atoms with E-state index < -0.39 is 11.8 Å². The van der Waals surface area contributed by atoms with Crippen molar-refractivity contribution in [3.8, 4) is 17.2 Å². The number of hydrogen-bond acceptors (Lipinski definition) is 8. The number of hydrogen-bond donors (Lipinski definition) is 1. The zero-order chi connectivity index (χ0) is 25.0. The maximum Gasteiger partial charge on any atom is 0.261 e. The standard InChI is InChI=1S/C26H27N3O7/c1-28-8-7-16-19(12-28)21(33-2)23-22(35-13-36-23)20(16)27-24(30)14-5-6-17-18(10-14)26(32)29(25(17)31)11-15-4-3-9-34-15/h5-6,10,15H,3-4,7-9,11-13H2,1-2H3,(H,27,30). The summed E-state index contributed by atoms with van der Waals surface area (Å²) < 4.78 is 22.7. The van der Waals surface area contributed by atoms with E-state index >= 15 is 0 Å². The van der Waals surface area contributed by atoms with Gasteiger partial charge in [-0.1, -0.05) is 0 Å². The molecule has 1 saturated heterocycles. The number of benzene rings is 2. The third-order valence-electron chi connectivity index (χ3n) is 7.24. The van der Waals surface area contributed by atoms with E-state index in [-0.39, 0.29) is 36.5 Å². The molecule has 0 radical (unpaired) electrons. The van der Waals surface area contributed by atoms with Crippen molar-refractivity contribution in [2.24, 2.45) is 0 Å². The van der Waals surface area contributed by atoms with Gasteiger partial charge in [0, 0.05) is 30.8 Å². The molecule has 0 saturated carbocycles. The first kappa shape index (κ1) is 22.8. The maximum atomic E-state index is 13.4. The van der Waals surface area contributed by atoms with Gasteiger partial charge in [0.1, 0.15) is 0 Å². The highest BCUT2D eigenvalue weighted by Crippen LogP contribution is 2.52. The molecule has 1 N–H and O–H groups in total. The van der Waals surface area contributed by atoms with Gasteiger partial charge in [0.05, 0.1) is 36.6 Å². The predicted molar refractivity (Wildman–Crippen MR) is 128 cm³/mol. The molecule has 188 valence electrons. The number of anilines is 1. The summed E-state index contributed by atoms with van der Waals surface area (Å²) in [7, 11) is 3.62. The molecule has 1 atom stereocenters. The fraction of sp³-hybridized carbons (Fsp3) is 0.423. The summed E-state index contributed by atoms with van der Waals surface area (Å²) in [6, 6.07) is 4.60. The Bertz CT molecular complexity index is 1290. The van der Waals surface area contributed by atoms with Crippen LogP contribution in [0.15, 0.2) is 18.2 Å². The molecule has 1 unspecified atom stereocenters. The molecule has 0 aliphatic carbocycles. The molecule has 4 heterocycles. The number of carbonyl (C=O) groups is 3. The van der Waals surface area contributed by atoms with Crippen molar-refractivity contribution < 1.29 is 33.3 Å². The lowest BCUT2D eigenvalue weighted by atomic mass is 9.95. The van der Waals surface area contributed by atoms with Crippen molar-refractivity contribution in [3.05, 3.63) is 46.0 Å². The quantitative estimate of drug-likeness (QED) is 0.633. The Hall–Kier alpha value is -3.63. The minimum atomic E-state index is -0.403. The first-order valence-electron chi connectivity index (χ1n) is 12.1. The molecule has 2 aromatic carbocycles. The topological polar surface area (TPSA) is 107 Å². The molecule has 4 aliphatic heterocycles. The van der Waals surface area contributed by atoms with E-state index in [0.29, 0.717) is 48.1 Å². The van der Waals surface area contributed by atoms with Crippen LogP contribution >= 0.6 is 0 Å². The molecule has 36 heavy (non-hydrogen) atoms. The monoisotopic (exact) mass is 493 g/mol. The smallest absolute Gasteiger partial charge is 0.261 e. The predicted octanol–water partition coefficient (Wildman–Crippen LogP) is 2.44. The third kappa shape index (κ3) is 3.59. The first-order valence-corrected chi connectivity index (χ1v) is 12.1. The molecular formula is C26H27N3O7. The van der Waals surface area contributed by atoms with Crippen molar-refractivity contribution in [2.45, 2.75) is 31.9 Å². The lowest BCUT2D eigenvalue weighted by molar-refractivity contribution is 0.0475. The van der Waals surface area contributed by atoms with Crippen LogP contribution in [0.2, 0.25) is 0 Å². The SMILES string of the molecule is COc1c2c(c(NC(=O)c3ccc4c(c3)C(=O)N(CC3CCCO3)C4=O)c3c1OCO3)CCN(C)C2. The van der Waals surface area contributed by atoms with E-state index in [1.807, 2.05) is 7.05 Å². The number of nitrogens with zero attached hydrogens (tertiary/aromatic N) is 2. The Kier molecular flexibility index (Phi) is 5.57. The number of rotatable bonds is 5. The van der Waals surface area contributed by atoms with Crippen molar-refractivity contribution in [1.29, 1.82) is 0 Å². The highest BCUT2D eigenvalue weighted by molar-refractivity contribution is 6.22. The molecule has 6 rings (SSSR count). The van der Waals surface area contributed by atoms with Crippen LogP contribution in [-0.2, 0) is 17.7 Å². The van der Waals surface area contributed by atoms with Gasteiger partial charge >= 0.3 is 0 Å². The normalized spacial score (nSPS) is 20.5. The van der Waals surface area contributed by atoms with Gasteiger partial charge < -0.3 is 29.2 Å². The first-order chi connectivity index (χ1) is 17.5. The Labute approximate surface area is 208 Å². The maximum absolute atomic E-state index is 13.4. The van der Waals surface area contributed by atoms with Gasteiger partial charge in [0.25, 0.3) is 17.7 Å². The molecular weight excluding hydrogens is 466 g/mol. The van der Waals surface area contributed by atoms with Crippen LogP contribution in [0.5, 0.6) is 17.2 Å². The Balaban J connectivity index is 1.30. The molecule has 2 aromatic rings. The molecule has 0 aromatic heterocycles. The molecule has 10 heteroatoms. The van der Waals surface area contributed by atoms with Crippen LogP contribution in [0.25, 0.3) is 0 Å². The Morgan fingerprint density at radius 2 is 1.94 bits per heavy atom. The molecule has 3 amide bonds. The van der Waals surface area contributed by atoms with Crippen LogP contribution in [0.4, 0.5) is 5.69 Å². The number of methoxy groups -OCH3 is 1. The highest BCUT2D eigenvalue weighted by Gasteiger charge is 2.38. The zero-order valence-electron chi connectivity index (χ0n) is 20.2. The lowest BCUT2D eigenvalue weighted by Crippen LogP contribution is -2.36. The van der Waals surface area contributed by atoms with Gasteiger partial charge in [-0.25, -0.2) is 0 Å². The number of imide groups is 1. The average molecular weight is 494 g/mol. The average Bonchev–Trinajstić information content (AvgIpc) is 3.62. The second kappa shape index (κ2) is 8.79. The summed E-state index contributed by atoms with van der Waals surface area (Å²) in [5, 5.41) is 2.99. The van der Waals surface area contributed by atoms with Crippen LogP contribution in [-0.4, -0.2) is 74.3 Å². The zero-order valence-corrected chi connectivity index (χ0v) is 20.2. The van der Waals surface area contributed by atoms with Gasteiger partial charge in [-0.3, -0.25) is 19.3 Å². The van der Waals surface area contributed by atoms with Crippen molar-refractivity contribution in [2.75, 3.05) is 46.0 Å². The minimum Gasteiger partial charge on any atom is -0.492 e. The molecule has 4 aliphatic rings. The fourth-order valence-electron chi connectivity index (χ4n) is 5.41. The van der Waals surface area contributed by atoms with Crippen LogP contribution in [0.3, 0.4) is 0 Å². The van der Waals surface area contributed by atoms with Gasteiger partial charge in [-0.05, 0) is 50.1 Å². The number of ether oxygens (including phenoxy) is 4. The number of likely N-dealkylation sites (N-methyl/N-ethyl adjacent to an activating group) is 1. The number of fused-ring (bicyclic) bond motifs is 3. The van der Waals surface area contributed by atoms with Crippen molar-refractivity contribution in [1.82, 2.24) is 9.80 Å². The summed E-state index contributed by atoms with van der Waals surface area (Å²) in [6.07, 6.45) is 2.30. The van der Waals surface area contributed by atoms with Gasteiger partial charge in [0.15, 0.2) is 11.5 Å². The number of amides is 3. The van der Waals surface area contributed by atoms with Gasteiger partial charge in [-0.2, -0.15) is 0 Å². The van der Waals surface area contributed by atoms with Crippen LogP contribution < -0.4 is 19.5 Å². The second-order valence-electron chi connectivity index (χ2n) is 9.49. The molecule has 10 nitrogen and oxygen atoms in total. The van der Waals surface area contributed by atoms with E-state index in [1.165, 1.54) is 11.0 Å². The summed E-state index contributed by atoms with van der Waals surface area (Å²) in [5.41, 5.74) is 3.26. The largest absolute Gasteiger partial charge is 0.492 e. The second-order valence-corrected chi connectivity index (χ2v) is 9.49. The van der Waals surface area contributed by atoms with E-state index in [4.69, 9.17) is 18.9 Å². The summed E-state index contributed by atoms with van der Waals surface area (Å²) in [4.78, 5) is 42.7. The molecule has 0 bridgehead atoms. The molecule has 1 fully saturated rings. The third-order valence-corrected chi connectivity index (χ3v) is 7.24. The van der Waals surface area contributed by atoms with Gasteiger partial charge in [0.2, 0.25) is 12.5 Å². The van der Waals surface area contributed by atoms with Crippen LogP contribution in [0.1, 0.15) is 55.0 Å². The van der Waals surface area contributed by atoms with Crippen molar-refractivity contribution >= 4 is 23.4 Å². The van der Waals surface area contributed by atoms with E-state index in [0.717, 1.165) is 30.5 Å². The van der Waals surface area contributed by atoms with E-state index in [2.05, 4.69) is 10.2 Å².